The molecule has 0 aliphatic carbocycles. The van der Waals surface area contributed by atoms with Crippen LogP contribution in [0.5, 0.6) is 0 Å². The molecule has 0 unspecified atom stereocenters. The Bertz CT molecular complexity index is 192. The molecule has 10 heavy (non-hydrogen) atoms. The minimum absolute atomic E-state index is 0.350. The summed E-state index contributed by atoms with van der Waals surface area (Å²) in [5, 5.41) is 0. The molecule has 2 nitrogen and oxygen atoms in total. The third-order valence-corrected chi connectivity index (χ3v) is 5.22. The maximum atomic E-state index is 10.7. The molecule has 0 saturated heterocycles. The molecule has 62 valence electrons. The van der Waals surface area contributed by atoms with E-state index in [1.54, 1.807) is 0 Å². The fraction of sp³-hybridized carbons (Fsp3) is 1.00. The molecule has 0 heterocycles. The Morgan fingerprint density at radius 2 is 1.70 bits per heavy atom. The van der Waals surface area contributed by atoms with Gasteiger partial charge in [0.1, 0.15) is 0 Å². The molecule has 0 aromatic heterocycles. The van der Waals surface area contributed by atoms with Gasteiger partial charge in [-0.3, -0.25) is 0 Å². The molecule has 0 N–H and O–H groups in total. The molecule has 0 spiro atoms. The summed E-state index contributed by atoms with van der Waals surface area (Å²) in [6, 6.07) is 0.873. The molecule has 0 atom stereocenters. The molecule has 0 aliphatic rings. The average molecular weight is 292 g/mol. The minimum Gasteiger partial charge on any atom is -0.218 e. The Hall–Kier alpha value is 0.897. The van der Waals surface area contributed by atoms with Crippen LogP contribution < -0.4 is 0 Å². The van der Waals surface area contributed by atoms with E-state index in [2.05, 4.69) is 19.6 Å². The van der Waals surface area contributed by atoms with Crippen LogP contribution in [0.4, 0.5) is 0 Å². The van der Waals surface area contributed by atoms with E-state index in [0.717, 1.165) is 6.04 Å². The van der Waals surface area contributed by atoms with E-state index >= 15 is 0 Å². The van der Waals surface area contributed by atoms with Gasteiger partial charge >= 0.3 is 0 Å². The zero-order chi connectivity index (χ0) is 8.41. The highest BCUT2D eigenvalue weighted by molar-refractivity contribution is 14.2. The van der Waals surface area contributed by atoms with Gasteiger partial charge in [-0.15, -0.1) is 0 Å². The lowest BCUT2D eigenvalue weighted by molar-refractivity contribution is 0.613. The van der Waals surface area contributed by atoms with Crippen molar-refractivity contribution in [3.63, 3.8) is 0 Å². The lowest BCUT2D eigenvalue weighted by Crippen LogP contribution is -2.22. The highest BCUT2D eigenvalue weighted by Crippen LogP contribution is 2.12. The smallest absolute Gasteiger partial charge is 0.202 e. The van der Waals surface area contributed by atoms with E-state index in [1.807, 2.05) is 0 Å². The third-order valence-electron chi connectivity index (χ3n) is 1.10. The maximum absolute atomic E-state index is 10.7. The summed E-state index contributed by atoms with van der Waals surface area (Å²) in [4.78, 5) is 0. The number of hydrogen-bond donors (Lipinski definition) is 0. The zero-order valence-electron chi connectivity index (χ0n) is 6.52. The average Bonchev–Trinajstić information content (AvgIpc) is 1.57. The van der Waals surface area contributed by atoms with Crippen LogP contribution >= 0.6 is 21.2 Å². The van der Waals surface area contributed by atoms with Gasteiger partial charge in [0.15, 0.2) is 0 Å². The second-order valence-electron chi connectivity index (χ2n) is 3.55. The van der Waals surface area contributed by atoms with E-state index in [0.29, 0.717) is 5.75 Å². The van der Waals surface area contributed by atoms with Gasteiger partial charge in [0.2, 0.25) is 7.01 Å². The molecule has 0 amide bonds. The van der Waals surface area contributed by atoms with Crippen LogP contribution in [0.1, 0.15) is 0 Å². The van der Waals surface area contributed by atoms with E-state index in [4.69, 9.17) is 0 Å². The number of hydrogen-bond acceptors (Lipinski definition) is 2. The SMILES string of the molecule is C[Si](C)(C)CCS(=O)(=O)I. The van der Waals surface area contributed by atoms with Gasteiger partial charge in [-0.05, 0) is 6.04 Å². The van der Waals surface area contributed by atoms with Crippen LogP contribution in [0.2, 0.25) is 25.7 Å². The highest BCUT2D eigenvalue weighted by Gasteiger charge is 2.16. The first kappa shape index (κ1) is 10.9. The Morgan fingerprint density at radius 1 is 1.30 bits per heavy atom. The lowest BCUT2D eigenvalue weighted by atomic mass is 11.0. The van der Waals surface area contributed by atoms with Crippen molar-refractivity contribution in [2.24, 2.45) is 0 Å². The van der Waals surface area contributed by atoms with Crippen molar-refractivity contribution in [1.82, 2.24) is 0 Å². The molecule has 0 saturated carbocycles. The molecular formula is C5H13IO2SSi. The molecule has 0 aromatic rings. The second kappa shape index (κ2) is 3.53. The van der Waals surface area contributed by atoms with Crippen molar-refractivity contribution >= 4 is 36.3 Å². The third kappa shape index (κ3) is 8.90. The van der Waals surface area contributed by atoms with Gasteiger partial charge < -0.3 is 0 Å². The molecule has 0 bridgehead atoms. The fourth-order valence-corrected chi connectivity index (χ4v) is 5.83. The summed E-state index contributed by atoms with van der Waals surface area (Å²) in [5.74, 6) is 0.350. The molecule has 0 rings (SSSR count). The van der Waals surface area contributed by atoms with Crippen LogP contribution in [0.15, 0.2) is 0 Å². The van der Waals surface area contributed by atoms with E-state index in [1.165, 1.54) is 21.2 Å². The van der Waals surface area contributed by atoms with Gasteiger partial charge in [-0.25, -0.2) is 8.42 Å². The van der Waals surface area contributed by atoms with Crippen LogP contribution in [-0.4, -0.2) is 22.2 Å². The van der Waals surface area contributed by atoms with E-state index in [-0.39, 0.29) is 0 Å². The van der Waals surface area contributed by atoms with Gasteiger partial charge in [-0.1, -0.05) is 19.6 Å². The van der Waals surface area contributed by atoms with Crippen LogP contribution in [0.3, 0.4) is 0 Å². The number of rotatable bonds is 3. The largest absolute Gasteiger partial charge is 0.218 e. The summed E-state index contributed by atoms with van der Waals surface area (Å²) >= 11 is 1.51. The summed E-state index contributed by atoms with van der Waals surface area (Å²) in [7, 11) is -3.90. The molecule has 5 heteroatoms. The maximum Gasteiger partial charge on any atom is 0.202 e. The van der Waals surface area contributed by atoms with Crippen molar-refractivity contribution in [2.75, 3.05) is 5.75 Å². The molecular weight excluding hydrogens is 279 g/mol. The van der Waals surface area contributed by atoms with Crippen molar-refractivity contribution < 1.29 is 8.42 Å². The zero-order valence-corrected chi connectivity index (χ0v) is 10.5. The summed E-state index contributed by atoms with van der Waals surface area (Å²) in [5.41, 5.74) is 0. The van der Waals surface area contributed by atoms with Crippen molar-refractivity contribution in [3.8, 4) is 0 Å². The van der Waals surface area contributed by atoms with Gasteiger partial charge in [-0.2, -0.15) is 0 Å². The molecule has 0 radical (unpaired) electrons. The lowest BCUT2D eigenvalue weighted by Gasteiger charge is -2.13. The normalized spacial score (nSPS) is 13.6. The van der Waals surface area contributed by atoms with E-state index in [9.17, 15) is 8.42 Å². The number of halogens is 1. The van der Waals surface area contributed by atoms with Crippen LogP contribution in [0, 0.1) is 0 Å². The van der Waals surface area contributed by atoms with Crippen molar-refractivity contribution in [2.45, 2.75) is 25.7 Å². The first-order chi connectivity index (χ1) is 4.21. The Labute approximate surface area is 75.9 Å². The predicted molar refractivity (Wildman–Crippen MR) is 56.0 cm³/mol. The standard InChI is InChI=1S/C5H13IO2SSi/c1-10(2,3)5-4-9(6,7)8/h4-5H2,1-3H3. The summed E-state index contributed by atoms with van der Waals surface area (Å²) in [6.45, 7) is 6.53. The van der Waals surface area contributed by atoms with Crippen molar-refractivity contribution in [3.05, 3.63) is 0 Å². The Morgan fingerprint density at radius 3 is 1.80 bits per heavy atom. The highest BCUT2D eigenvalue weighted by atomic mass is 127. The van der Waals surface area contributed by atoms with Gasteiger partial charge in [0.25, 0.3) is 0 Å². The van der Waals surface area contributed by atoms with Crippen molar-refractivity contribution in [1.29, 1.82) is 0 Å². The predicted octanol–water partition coefficient (Wildman–Crippen LogP) is 2.09. The van der Waals surface area contributed by atoms with Crippen LogP contribution in [-0.2, 0) is 7.01 Å². The quantitative estimate of drug-likeness (QED) is 0.453. The first-order valence-electron chi connectivity index (χ1n) is 3.13. The topological polar surface area (TPSA) is 34.1 Å². The van der Waals surface area contributed by atoms with Gasteiger partial charge in [0.05, 0.1) is 27.0 Å². The summed E-state index contributed by atoms with van der Waals surface area (Å²) < 4.78 is 21.4. The van der Waals surface area contributed by atoms with E-state index < -0.39 is 15.1 Å². The molecule has 0 aliphatic heterocycles. The minimum atomic E-state index is -2.75. The van der Waals surface area contributed by atoms with Gasteiger partial charge in [0, 0.05) is 8.07 Å². The second-order valence-corrected chi connectivity index (χ2v) is 14.7. The fourth-order valence-electron chi connectivity index (χ4n) is 0.428. The Balaban J connectivity index is 3.79. The monoisotopic (exact) mass is 292 g/mol. The van der Waals surface area contributed by atoms with Crippen LogP contribution in [0.25, 0.3) is 0 Å². The molecule has 0 fully saturated rings. The molecule has 0 aromatic carbocycles. The Kier molecular flexibility index (Phi) is 3.85. The first-order valence-corrected chi connectivity index (χ1v) is 11.0. The summed E-state index contributed by atoms with van der Waals surface area (Å²) in [6.07, 6.45) is 0.